The summed E-state index contributed by atoms with van der Waals surface area (Å²) < 4.78 is 0. The normalized spacial score (nSPS) is 21.6. The smallest absolute Gasteiger partial charge is 0.107 e. The van der Waals surface area contributed by atoms with E-state index in [9.17, 15) is 0 Å². The number of aromatic nitrogens is 1. The van der Waals surface area contributed by atoms with Crippen molar-refractivity contribution in [3.05, 3.63) is 16.1 Å². The van der Waals surface area contributed by atoms with E-state index >= 15 is 0 Å². The second-order valence-corrected chi connectivity index (χ2v) is 6.90. The van der Waals surface area contributed by atoms with Crippen LogP contribution in [0.25, 0.3) is 0 Å². The molecular formula is C12H20N2S2. The van der Waals surface area contributed by atoms with Crippen LogP contribution in [-0.2, 0) is 6.54 Å². The molecule has 0 amide bonds. The van der Waals surface area contributed by atoms with E-state index in [1.807, 2.05) is 17.5 Å². The van der Waals surface area contributed by atoms with Crippen molar-refractivity contribution in [2.45, 2.75) is 45.2 Å². The number of thiazole rings is 1. The lowest BCUT2D eigenvalue weighted by molar-refractivity contribution is 0.507. The Labute approximate surface area is 106 Å². The molecule has 0 saturated carbocycles. The number of hydrogen-bond donors (Lipinski definition) is 1. The van der Waals surface area contributed by atoms with Crippen molar-refractivity contribution in [1.82, 2.24) is 10.3 Å². The van der Waals surface area contributed by atoms with E-state index in [0.29, 0.717) is 12.0 Å². The van der Waals surface area contributed by atoms with Crippen molar-refractivity contribution in [2.75, 3.05) is 11.5 Å². The highest BCUT2D eigenvalue weighted by atomic mass is 32.2. The molecule has 0 radical (unpaired) electrons. The third-order valence-electron chi connectivity index (χ3n) is 2.84. The van der Waals surface area contributed by atoms with E-state index in [1.165, 1.54) is 34.2 Å². The van der Waals surface area contributed by atoms with Crippen LogP contribution in [0.4, 0.5) is 0 Å². The highest BCUT2D eigenvalue weighted by Gasteiger charge is 2.13. The first-order valence-corrected chi connectivity index (χ1v) is 7.98. The van der Waals surface area contributed by atoms with Crippen molar-refractivity contribution >= 4 is 23.1 Å². The first-order chi connectivity index (χ1) is 7.75. The summed E-state index contributed by atoms with van der Waals surface area (Å²) in [4.78, 5) is 5.87. The van der Waals surface area contributed by atoms with Gasteiger partial charge in [-0.15, -0.1) is 11.3 Å². The van der Waals surface area contributed by atoms with Gasteiger partial charge >= 0.3 is 0 Å². The van der Waals surface area contributed by atoms with Gasteiger partial charge in [-0.1, -0.05) is 13.8 Å². The number of nitrogens with one attached hydrogen (secondary N) is 1. The molecule has 1 N–H and O–H groups in total. The average molecular weight is 256 g/mol. The first-order valence-electron chi connectivity index (χ1n) is 6.01. The summed E-state index contributed by atoms with van der Waals surface area (Å²) in [7, 11) is 0. The van der Waals surface area contributed by atoms with Crippen LogP contribution in [0.5, 0.6) is 0 Å². The third kappa shape index (κ3) is 3.47. The molecule has 1 aliphatic rings. The third-order valence-corrected chi connectivity index (χ3v) is 5.36. The van der Waals surface area contributed by atoms with Gasteiger partial charge in [0.25, 0.3) is 0 Å². The molecular weight excluding hydrogens is 236 g/mol. The fraction of sp³-hybridized carbons (Fsp3) is 0.750. The highest BCUT2D eigenvalue weighted by molar-refractivity contribution is 7.99. The maximum Gasteiger partial charge on any atom is 0.107 e. The lowest BCUT2D eigenvalue weighted by Gasteiger charge is -2.21. The number of thioether (sulfide) groups is 1. The molecule has 0 aromatic carbocycles. The molecule has 1 aliphatic heterocycles. The molecule has 0 bridgehead atoms. The van der Waals surface area contributed by atoms with Crippen molar-refractivity contribution in [3.63, 3.8) is 0 Å². The van der Waals surface area contributed by atoms with Crippen LogP contribution in [0, 0.1) is 0 Å². The van der Waals surface area contributed by atoms with Gasteiger partial charge in [0.1, 0.15) is 5.01 Å². The van der Waals surface area contributed by atoms with E-state index in [0.717, 1.165) is 6.54 Å². The summed E-state index contributed by atoms with van der Waals surface area (Å²) in [6.45, 7) is 5.40. The Hall–Kier alpha value is -0.0600. The van der Waals surface area contributed by atoms with Crippen molar-refractivity contribution in [3.8, 4) is 0 Å². The Balaban J connectivity index is 1.79. The number of hydrogen-bond acceptors (Lipinski definition) is 4. The lowest BCUT2D eigenvalue weighted by Crippen LogP contribution is -2.33. The Kier molecular flexibility index (Phi) is 4.67. The molecule has 4 heteroatoms. The molecule has 1 atom stereocenters. The molecule has 0 spiro atoms. The first kappa shape index (κ1) is 12.4. The van der Waals surface area contributed by atoms with Crippen LogP contribution in [0.2, 0.25) is 0 Å². The predicted molar refractivity (Wildman–Crippen MR) is 73.4 cm³/mol. The maximum absolute atomic E-state index is 4.47. The molecule has 1 unspecified atom stereocenters. The topological polar surface area (TPSA) is 24.9 Å². The summed E-state index contributed by atoms with van der Waals surface area (Å²) >= 11 is 3.92. The highest BCUT2D eigenvalue weighted by Crippen LogP contribution is 2.22. The van der Waals surface area contributed by atoms with E-state index in [1.54, 1.807) is 0 Å². The van der Waals surface area contributed by atoms with Gasteiger partial charge in [-0.05, 0) is 24.5 Å². The van der Waals surface area contributed by atoms with E-state index < -0.39 is 0 Å². The fourth-order valence-electron chi connectivity index (χ4n) is 1.81. The van der Waals surface area contributed by atoms with E-state index in [-0.39, 0.29) is 0 Å². The zero-order chi connectivity index (χ0) is 11.4. The maximum atomic E-state index is 4.47. The number of rotatable bonds is 4. The van der Waals surface area contributed by atoms with Gasteiger partial charge in [-0.3, -0.25) is 0 Å². The van der Waals surface area contributed by atoms with Crippen LogP contribution in [0.1, 0.15) is 42.5 Å². The molecule has 2 heterocycles. The van der Waals surface area contributed by atoms with Gasteiger partial charge < -0.3 is 5.32 Å². The zero-order valence-corrected chi connectivity index (χ0v) is 11.7. The van der Waals surface area contributed by atoms with Crippen LogP contribution >= 0.6 is 23.1 Å². The van der Waals surface area contributed by atoms with Crippen molar-refractivity contribution in [2.24, 2.45) is 0 Å². The molecule has 90 valence electrons. The summed E-state index contributed by atoms with van der Waals surface area (Å²) in [5.74, 6) is 3.21. The molecule has 1 aromatic heterocycles. The molecule has 1 fully saturated rings. The van der Waals surface area contributed by atoms with Crippen LogP contribution < -0.4 is 5.32 Å². The Morgan fingerprint density at radius 2 is 2.44 bits per heavy atom. The molecule has 1 saturated heterocycles. The van der Waals surface area contributed by atoms with Crippen LogP contribution in [0.3, 0.4) is 0 Å². The van der Waals surface area contributed by atoms with E-state index in [4.69, 9.17) is 0 Å². The van der Waals surface area contributed by atoms with Crippen molar-refractivity contribution < 1.29 is 0 Å². The van der Waals surface area contributed by atoms with Gasteiger partial charge in [-0.2, -0.15) is 11.8 Å². The SMILES string of the molecule is CC(C)c1cnc(CNC2CCCSC2)s1. The predicted octanol–water partition coefficient (Wildman–Crippen LogP) is 3.25. The lowest BCUT2D eigenvalue weighted by atomic mass is 10.2. The van der Waals surface area contributed by atoms with Gasteiger partial charge in [0.05, 0.1) is 0 Å². The van der Waals surface area contributed by atoms with E-state index in [2.05, 4.69) is 35.9 Å². The minimum atomic E-state index is 0.608. The minimum absolute atomic E-state index is 0.608. The largest absolute Gasteiger partial charge is 0.307 e. The van der Waals surface area contributed by atoms with Crippen LogP contribution in [-0.4, -0.2) is 22.5 Å². The van der Waals surface area contributed by atoms with Gasteiger partial charge in [0.2, 0.25) is 0 Å². The average Bonchev–Trinajstić information content (AvgIpc) is 2.76. The molecule has 16 heavy (non-hydrogen) atoms. The summed E-state index contributed by atoms with van der Waals surface area (Å²) in [5.41, 5.74) is 0. The van der Waals surface area contributed by atoms with Crippen molar-refractivity contribution in [1.29, 1.82) is 0 Å². The van der Waals surface area contributed by atoms with Gasteiger partial charge in [0.15, 0.2) is 0 Å². The summed E-state index contributed by atoms with van der Waals surface area (Å²) in [5, 5.41) is 4.85. The Morgan fingerprint density at radius 1 is 1.56 bits per heavy atom. The molecule has 0 aliphatic carbocycles. The fourth-order valence-corrected chi connectivity index (χ4v) is 3.79. The Bertz CT molecular complexity index is 317. The summed E-state index contributed by atoms with van der Waals surface area (Å²) in [6, 6.07) is 0.699. The Morgan fingerprint density at radius 3 is 3.06 bits per heavy atom. The molecule has 2 nitrogen and oxygen atoms in total. The van der Waals surface area contributed by atoms with Gasteiger partial charge in [0, 0.05) is 29.4 Å². The zero-order valence-electron chi connectivity index (χ0n) is 10.0. The quantitative estimate of drug-likeness (QED) is 0.895. The summed E-state index contributed by atoms with van der Waals surface area (Å²) in [6.07, 6.45) is 4.72. The molecule has 2 rings (SSSR count). The standard InChI is InChI=1S/C12H20N2S2/c1-9(2)11-6-14-12(16-11)7-13-10-4-3-5-15-8-10/h6,9-10,13H,3-5,7-8H2,1-2H3. The second kappa shape index (κ2) is 6.03. The second-order valence-electron chi connectivity index (χ2n) is 4.61. The monoisotopic (exact) mass is 256 g/mol. The minimum Gasteiger partial charge on any atom is -0.307 e. The number of nitrogens with zero attached hydrogens (tertiary/aromatic N) is 1. The van der Waals surface area contributed by atoms with Crippen LogP contribution in [0.15, 0.2) is 6.20 Å². The molecule has 1 aromatic rings. The van der Waals surface area contributed by atoms with Gasteiger partial charge in [-0.25, -0.2) is 4.98 Å².